The quantitative estimate of drug-likeness (QED) is 0.750. The second-order valence-corrected chi connectivity index (χ2v) is 7.51. The predicted octanol–water partition coefficient (Wildman–Crippen LogP) is 4.00. The van der Waals surface area contributed by atoms with Gasteiger partial charge in [0.1, 0.15) is 5.75 Å². The molecule has 1 atom stereocenters. The molecule has 1 amide bonds. The molecule has 1 aliphatic rings. The Morgan fingerprint density at radius 1 is 1.11 bits per heavy atom. The van der Waals surface area contributed by atoms with Crippen LogP contribution in [0.25, 0.3) is 0 Å². The summed E-state index contributed by atoms with van der Waals surface area (Å²) in [6.07, 6.45) is 0. The molecule has 1 fully saturated rings. The number of nitrogens with zero attached hydrogens (tertiary/aromatic N) is 2. The Balaban J connectivity index is 1.57. The summed E-state index contributed by atoms with van der Waals surface area (Å²) in [6, 6.07) is 15.6. The third-order valence-corrected chi connectivity index (χ3v) is 5.39. The van der Waals surface area contributed by atoms with Crippen molar-refractivity contribution in [2.75, 3.05) is 43.0 Å². The summed E-state index contributed by atoms with van der Waals surface area (Å²) in [6.45, 7) is 8.06. The molecule has 0 bridgehead atoms. The molecule has 27 heavy (non-hydrogen) atoms. The van der Waals surface area contributed by atoms with Gasteiger partial charge >= 0.3 is 0 Å². The van der Waals surface area contributed by atoms with Gasteiger partial charge in [-0.05, 0) is 50.2 Å². The minimum atomic E-state index is -0.169. The zero-order chi connectivity index (χ0) is 19.2. The van der Waals surface area contributed by atoms with Gasteiger partial charge in [-0.3, -0.25) is 9.69 Å². The van der Waals surface area contributed by atoms with Gasteiger partial charge in [0.15, 0.2) is 0 Å². The molecule has 1 saturated heterocycles. The smallest absolute Gasteiger partial charge is 0.241 e. The van der Waals surface area contributed by atoms with Crippen molar-refractivity contribution in [2.45, 2.75) is 19.9 Å². The molecule has 0 unspecified atom stereocenters. The maximum absolute atomic E-state index is 12.6. The molecule has 5 nitrogen and oxygen atoms in total. The summed E-state index contributed by atoms with van der Waals surface area (Å²) in [5.74, 6) is 0.954. The Bertz CT molecular complexity index is 758. The zero-order valence-corrected chi connectivity index (χ0v) is 17.4. The molecule has 2 aromatic rings. The number of nitrogens with one attached hydrogen (secondary N) is 1. The number of amides is 1. The summed E-state index contributed by atoms with van der Waals surface area (Å²) >= 11 is 3.41. The highest BCUT2D eigenvalue weighted by Crippen LogP contribution is 2.29. The Labute approximate surface area is 169 Å². The number of carbonyl (C=O) groups is 1. The van der Waals surface area contributed by atoms with Gasteiger partial charge in [0.25, 0.3) is 0 Å². The Morgan fingerprint density at radius 3 is 2.44 bits per heavy atom. The maximum Gasteiger partial charge on any atom is 0.241 e. The van der Waals surface area contributed by atoms with Gasteiger partial charge in [-0.2, -0.15) is 0 Å². The van der Waals surface area contributed by atoms with E-state index in [9.17, 15) is 4.79 Å². The molecule has 1 N–H and O–H groups in total. The molecule has 0 spiro atoms. The summed E-state index contributed by atoms with van der Waals surface area (Å²) in [4.78, 5) is 17.2. The van der Waals surface area contributed by atoms with E-state index >= 15 is 0 Å². The van der Waals surface area contributed by atoms with E-state index in [-0.39, 0.29) is 11.9 Å². The van der Waals surface area contributed by atoms with Gasteiger partial charge in [-0.25, -0.2) is 0 Å². The number of para-hydroxylation sites is 2. The molecular formula is C21H26BrN3O2. The monoisotopic (exact) mass is 431 g/mol. The van der Waals surface area contributed by atoms with Crippen molar-refractivity contribution in [1.82, 2.24) is 4.90 Å². The van der Waals surface area contributed by atoms with Crippen LogP contribution in [0.15, 0.2) is 53.0 Å². The van der Waals surface area contributed by atoms with Gasteiger partial charge < -0.3 is 15.0 Å². The summed E-state index contributed by atoms with van der Waals surface area (Å²) in [5.41, 5.74) is 1.95. The number of hydrogen-bond acceptors (Lipinski definition) is 4. The minimum Gasteiger partial charge on any atom is -0.492 e. The van der Waals surface area contributed by atoms with Crippen molar-refractivity contribution in [3.63, 3.8) is 0 Å². The largest absolute Gasteiger partial charge is 0.492 e. The number of anilines is 2. The molecule has 144 valence electrons. The van der Waals surface area contributed by atoms with E-state index in [2.05, 4.69) is 37.1 Å². The normalized spacial score (nSPS) is 16.0. The summed E-state index contributed by atoms with van der Waals surface area (Å²) in [5, 5.41) is 3.00. The highest BCUT2D eigenvalue weighted by molar-refractivity contribution is 9.10. The molecule has 0 aliphatic carbocycles. The fraction of sp³-hybridized carbons (Fsp3) is 0.381. The second-order valence-electron chi connectivity index (χ2n) is 6.60. The van der Waals surface area contributed by atoms with Crippen LogP contribution in [0.2, 0.25) is 0 Å². The summed E-state index contributed by atoms with van der Waals surface area (Å²) in [7, 11) is 0. The van der Waals surface area contributed by atoms with Crippen LogP contribution in [0.5, 0.6) is 5.75 Å². The van der Waals surface area contributed by atoms with Crippen molar-refractivity contribution < 1.29 is 9.53 Å². The lowest BCUT2D eigenvalue weighted by Gasteiger charge is -2.39. The van der Waals surface area contributed by atoms with E-state index in [1.54, 1.807) is 0 Å². The number of rotatable bonds is 6. The van der Waals surface area contributed by atoms with Crippen molar-refractivity contribution in [2.24, 2.45) is 0 Å². The minimum absolute atomic E-state index is 0.0282. The number of hydrogen-bond donors (Lipinski definition) is 1. The molecule has 0 radical (unpaired) electrons. The van der Waals surface area contributed by atoms with Gasteiger partial charge in [0.05, 0.1) is 18.3 Å². The highest BCUT2D eigenvalue weighted by Gasteiger charge is 2.26. The number of carbonyl (C=O) groups excluding carboxylic acids is 1. The Morgan fingerprint density at radius 2 is 1.78 bits per heavy atom. The maximum atomic E-state index is 12.6. The van der Waals surface area contributed by atoms with E-state index in [1.807, 2.05) is 56.3 Å². The standard InChI is InChI=1S/C21H26BrN3O2/c1-3-27-20-7-5-4-6-19(20)25-14-12-24(13-15-25)16(2)21(26)23-18-10-8-17(22)9-11-18/h4-11,16H,3,12-15H2,1-2H3,(H,23,26)/t16-/m0/s1. The topological polar surface area (TPSA) is 44.8 Å². The predicted molar refractivity (Wildman–Crippen MR) is 114 cm³/mol. The van der Waals surface area contributed by atoms with Crippen molar-refractivity contribution in [1.29, 1.82) is 0 Å². The molecule has 1 heterocycles. The third-order valence-electron chi connectivity index (χ3n) is 4.86. The zero-order valence-electron chi connectivity index (χ0n) is 15.8. The van der Waals surface area contributed by atoms with E-state index in [0.29, 0.717) is 6.61 Å². The van der Waals surface area contributed by atoms with Crippen LogP contribution < -0.4 is 15.0 Å². The number of piperazine rings is 1. The van der Waals surface area contributed by atoms with Crippen LogP contribution in [-0.2, 0) is 4.79 Å². The first-order valence-corrected chi connectivity index (χ1v) is 10.1. The Hall–Kier alpha value is -2.05. The van der Waals surface area contributed by atoms with Crippen LogP contribution in [0.4, 0.5) is 11.4 Å². The van der Waals surface area contributed by atoms with Gasteiger partial charge in [0.2, 0.25) is 5.91 Å². The lowest BCUT2D eigenvalue weighted by Crippen LogP contribution is -2.52. The molecule has 3 rings (SSSR count). The molecule has 2 aromatic carbocycles. The molecule has 6 heteroatoms. The molecular weight excluding hydrogens is 406 g/mol. The van der Waals surface area contributed by atoms with Crippen molar-refractivity contribution in [3.8, 4) is 5.75 Å². The lowest BCUT2D eigenvalue weighted by molar-refractivity contribution is -0.120. The van der Waals surface area contributed by atoms with Crippen molar-refractivity contribution in [3.05, 3.63) is 53.0 Å². The molecule has 1 aliphatic heterocycles. The first-order valence-electron chi connectivity index (χ1n) is 9.35. The van der Waals surface area contributed by atoms with Gasteiger partial charge in [-0.1, -0.05) is 28.1 Å². The van der Waals surface area contributed by atoms with E-state index in [1.165, 1.54) is 0 Å². The molecule has 0 saturated carbocycles. The summed E-state index contributed by atoms with van der Waals surface area (Å²) < 4.78 is 6.75. The first kappa shape index (κ1) is 19.7. The fourth-order valence-corrected chi connectivity index (χ4v) is 3.56. The molecule has 0 aromatic heterocycles. The third kappa shape index (κ3) is 5.02. The van der Waals surface area contributed by atoms with Gasteiger partial charge in [0, 0.05) is 36.3 Å². The van der Waals surface area contributed by atoms with Crippen molar-refractivity contribution >= 4 is 33.2 Å². The average Bonchev–Trinajstić information content (AvgIpc) is 2.70. The number of halogens is 1. The first-order chi connectivity index (χ1) is 13.1. The second kappa shape index (κ2) is 9.24. The average molecular weight is 432 g/mol. The lowest BCUT2D eigenvalue weighted by atomic mass is 10.2. The van der Waals surface area contributed by atoms with E-state index in [0.717, 1.165) is 47.8 Å². The van der Waals surface area contributed by atoms with Gasteiger partial charge in [-0.15, -0.1) is 0 Å². The van der Waals surface area contributed by atoms with E-state index in [4.69, 9.17) is 4.74 Å². The highest BCUT2D eigenvalue weighted by atomic mass is 79.9. The number of benzene rings is 2. The Kier molecular flexibility index (Phi) is 6.74. The van der Waals surface area contributed by atoms with Crippen LogP contribution in [0, 0.1) is 0 Å². The SMILES string of the molecule is CCOc1ccccc1N1CCN([C@@H](C)C(=O)Nc2ccc(Br)cc2)CC1. The van der Waals surface area contributed by atoms with Crippen LogP contribution in [0.3, 0.4) is 0 Å². The fourth-order valence-electron chi connectivity index (χ4n) is 3.29. The number of ether oxygens (including phenoxy) is 1. The van der Waals surface area contributed by atoms with E-state index < -0.39 is 0 Å². The van der Waals surface area contributed by atoms with Crippen LogP contribution >= 0.6 is 15.9 Å². The van der Waals surface area contributed by atoms with Crippen LogP contribution in [0.1, 0.15) is 13.8 Å². The van der Waals surface area contributed by atoms with Crippen LogP contribution in [-0.4, -0.2) is 49.6 Å².